The Bertz CT molecular complexity index is 254. The summed E-state index contributed by atoms with van der Waals surface area (Å²) in [5.74, 6) is 5.69. The third kappa shape index (κ3) is 1.71. The van der Waals surface area contributed by atoms with Gasteiger partial charge in [-0.25, -0.2) is 4.98 Å². The summed E-state index contributed by atoms with van der Waals surface area (Å²) in [6, 6.07) is 0. The summed E-state index contributed by atoms with van der Waals surface area (Å²) in [5.41, 5.74) is 0. The number of aldehydes is 1. The SMILES string of the molecule is O=CCC#Cc1ncn[nH]1. The molecule has 0 aliphatic carbocycles. The van der Waals surface area contributed by atoms with E-state index in [9.17, 15) is 4.79 Å². The lowest BCUT2D eigenvalue weighted by Gasteiger charge is -1.71. The average Bonchev–Trinajstić information content (AvgIpc) is 2.41. The van der Waals surface area contributed by atoms with Gasteiger partial charge in [0.1, 0.15) is 12.6 Å². The molecule has 4 heteroatoms. The number of H-pyrrole nitrogens is 1. The Balaban J connectivity index is 2.57. The number of nitrogens with one attached hydrogen (secondary N) is 1. The quantitative estimate of drug-likeness (QED) is 0.426. The van der Waals surface area contributed by atoms with E-state index in [1.807, 2.05) is 0 Å². The predicted octanol–water partition coefficient (Wildman–Crippen LogP) is -0.255. The van der Waals surface area contributed by atoms with Crippen molar-refractivity contribution in [3.05, 3.63) is 12.2 Å². The van der Waals surface area contributed by atoms with Crippen molar-refractivity contribution in [3.63, 3.8) is 0 Å². The van der Waals surface area contributed by atoms with E-state index in [1.165, 1.54) is 6.33 Å². The molecule has 1 heterocycles. The highest BCUT2D eigenvalue weighted by Gasteiger charge is 1.83. The molecule has 0 aromatic carbocycles. The van der Waals surface area contributed by atoms with Crippen LogP contribution in [0, 0.1) is 11.8 Å². The zero-order chi connectivity index (χ0) is 7.23. The lowest BCUT2D eigenvalue weighted by atomic mass is 10.4. The second-order valence-corrected chi connectivity index (χ2v) is 1.51. The van der Waals surface area contributed by atoms with Crippen LogP contribution in [0.3, 0.4) is 0 Å². The van der Waals surface area contributed by atoms with Crippen LogP contribution < -0.4 is 0 Å². The van der Waals surface area contributed by atoms with Crippen LogP contribution >= 0.6 is 0 Å². The summed E-state index contributed by atoms with van der Waals surface area (Å²) in [4.78, 5) is 13.5. The lowest BCUT2D eigenvalue weighted by Crippen LogP contribution is -1.76. The Morgan fingerprint density at radius 2 is 2.70 bits per heavy atom. The summed E-state index contributed by atoms with van der Waals surface area (Å²) >= 11 is 0. The summed E-state index contributed by atoms with van der Waals surface area (Å²) in [7, 11) is 0. The van der Waals surface area contributed by atoms with Crippen molar-refractivity contribution in [2.24, 2.45) is 0 Å². The van der Waals surface area contributed by atoms with Crippen molar-refractivity contribution in [1.29, 1.82) is 0 Å². The van der Waals surface area contributed by atoms with E-state index < -0.39 is 0 Å². The lowest BCUT2D eigenvalue weighted by molar-refractivity contribution is -0.107. The van der Waals surface area contributed by atoms with Gasteiger partial charge in [0, 0.05) is 0 Å². The maximum Gasteiger partial charge on any atom is 0.200 e. The molecular weight excluding hydrogens is 130 g/mol. The van der Waals surface area contributed by atoms with Gasteiger partial charge < -0.3 is 4.79 Å². The molecule has 1 aromatic rings. The highest BCUT2D eigenvalue weighted by molar-refractivity contribution is 5.54. The molecule has 10 heavy (non-hydrogen) atoms. The van der Waals surface area contributed by atoms with Crippen LogP contribution in [0.15, 0.2) is 6.33 Å². The molecule has 0 bridgehead atoms. The first-order valence-electron chi connectivity index (χ1n) is 2.71. The Hall–Kier alpha value is -1.63. The van der Waals surface area contributed by atoms with Crippen LogP contribution in [-0.4, -0.2) is 21.5 Å². The third-order valence-corrected chi connectivity index (χ3v) is 0.807. The molecule has 0 aliphatic heterocycles. The highest BCUT2D eigenvalue weighted by atomic mass is 16.1. The van der Waals surface area contributed by atoms with Gasteiger partial charge in [-0.15, -0.1) is 0 Å². The second-order valence-electron chi connectivity index (χ2n) is 1.51. The zero-order valence-electron chi connectivity index (χ0n) is 5.16. The molecule has 1 aromatic heterocycles. The van der Waals surface area contributed by atoms with Gasteiger partial charge in [-0.3, -0.25) is 5.10 Å². The van der Waals surface area contributed by atoms with E-state index >= 15 is 0 Å². The van der Waals surface area contributed by atoms with E-state index in [2.05, 4.69) is 27.0 Å². The number of hydrogen-bond acceptors (Lipinski definition) is 3. The van der Waals surface area contributed by atoms with Crippen molar-refractivity contribution in [3.8, 4) is 11.8 Å². The number of aromatic amines is 1. The van der Waals surface area contributed by atoms with E-state index in [0.717, 1.165) is 6.29 Å². The maximum absolute atomic E-state index is 9.78. The number of hydrogen-bond donors (Lipinski definition) is 1. The van der Waals surface area contributed by atoms with E-state index in [1.54, 1.807) is 0 Å². The van der Waals surface area contributed by atoms with Crippen molar-refractivity contribution >= 4 is 6.29 Å². The smallest absolute Gasteiger partial charge is 0.200 e. The van der Waals surface area contributed by atoms with Gasteiger partial charge in [0.05, 0.1) is 6.42 Å². The van der Waals surface area contributed by atoms with E-state index in [-0.39, 0.29) is 6.42 Å². The Kier molecular flexibility index (Phi) is 2.21. The minimum atomic E-state index is 0.237. The number of rotatable bonds is 1. The van der Waals surface area contributed by atoms with E-state index in [4.69, 9.17) is 0 Å². The molecule has 0 amide bonds. The molecule has 0 fully saturated rings. The zero-order valence-corrected chi connectivity index (χ0v) is 5.16. The fraction of sp³-hybridized carbons (Fsp3) is 0.167. The topological polar surface area (TPSA) is 58.6 Å². The molecule has 4 nitrogen and oxygen atoms in total. The van der Waals surface area contributed by atoms with Gasteiger partial charge in [0.2, 0.25) is 5.82 Å². The highest BCUT2D eigenvalue weighted by Crippen LogP contribution is 1.78. The summed E-state index contributed by atoms with van der Waals surface area (Å²) in [6.07, 6.45) is 2.34. The number of nitrogens with zero attached hydrogens (tertiary/aromatic N) is 2. The fourth-order valence-electron chi connectivity index (χ4n) is 0.442. The molecule has 0 radical (unpaired) electrons. The van der Waals surface area contributed by atoms with Crippen LogP contribution in [-0.2, 0) is 4.79 Å². The van der Waals surface area contributed by atoms with E-state index in [0.29, 0.717) is 5.82 Å². The monoisotopic (exact) mass is 135 g/mol. The molecule has 0 saturated carbocycles. The molecule has 50 valence electrons. The molecular formula is C6H5N3O. The summed E-state index contributed by atoms with van der Waals surface area (Å²) in [5, 5.41) is 6.12. The summed E-state index contributed by atoms with van der Waals surface area (Å²) < 4.78 is 0. The van der Waals surface area contributed by atoms with Crippen LogP contribution in [0.5, 0.6) is 0 Å². The minimum Gasteiger partial charge on any atom is -0.302 e. The first-order valence-corrected chi connectivity index (χ1v) is 2.71. The first-order chi connectivity index (χ1) is 4.93. The van der Waals surface area contributed by atoms with Crippen molar-refractivity contribution < 1.29 is 4.79 Å². The normalized spacial score (nSPS) is 8.00. The molecule has 0 atom stereocenters. The Labute approximate surface area is 57.7 Å². The predicted molar refractivity (Wildman–Crippen MR) is 33.9 cm³/mol. The first kappa shape index (κ1) is 6.49. The maximum atomic E-state index is 9.78. The third-order valence-electron chi connectivity index (χ3n) is 0.807. The minimum absolute atomic E-state index is 0.237. The van der Waals surface area contributed by atoms with Gasteiger partial charge >= 0.3 is 0 Å². The van der Waals surface area contributed by atoms with Crippen LogP contribution in [0.2, 0.25) is 0 Å². The van der Waals surface area contributed by atoms with Crippen molar-refractivity contribution in [1.82, 2.24) is 15.2 Å². The Morgan fingerprint density at radius 3 is 3.30 bits per heavy atom. The Morgan fingerprint density at radius 1 is 1.80 bits per heavy atom. The van der Waals surface area contributed by atoms with Gasteiger partial charge in [-0.1, -0.05) is 5.92 Å². The van der Waals surface area contributed by atoms with Crippen LogP contribution in [0.1, 0.15) is 12.2 Å². The fourth-order valence-corrected chi connectivity index (χ4v) is 0.442. The van der Waals surface area contributed by atoms with Crippen molar-refractivity contribution in [2.75, 3.05) is 0 Å². The molecule has 0 spiro atoms. The number of carbonyl (C=O) groups excluding carboxylic acids is 1. The molecule has 0 aliphatic rings. The van der Waals surface area contributed by atoms with Gasteiger partial charge in [-0.05, 0) is 5.92 Å². The van der Waals surface area contributed by atoms with Gasteiger partial charge in [0.25, 0.3) is 0 Å². The number of carbonyl (C=O) groups is 1. The largest absolute Gasteiger partial charge is 0.302 e. The standard InChI is InChI=1S/C6H5N3O/c10-4-2-1-3-6-7-5-8-9-6/h4-5H,2H2,(H,7,8,9). The average molecular weight is 135 g/mol. The van der Waals surface area contributed by atoms with Gasteiger partial charge in [0.15, 0.2) is 0 Å². The molecule has 0 saturated heterocycles. The molecule has 0 unspecified atom stereocenters. The molecule has 1 rings (SSSR count). The molecule has 1 N–H and O–H groups in total. The van der Waals surface area contributed by atoms with Crippen molar-refractivity contribution in [2.45, 2.75) is 6.42 Å². The van der Waals surface area contributed by atoms with Crippen LogP contribution in [0.25, 0.3) is 0 Å². The summed E-state index contributed by atoms with van der Waals surface area (Å²) in [6.45, 7) is 0. The van der Waals surface area contributed by atoms with Gasteiger partial charge in [-0.2, -0.15) is 5.10 Å². The second kappa shape index (κ2) is 3.41. The van der Waals surface area contributed by atoms with Crippen LogP contribution in [0.4, 0.5) is 0 Å². The number of aromatic nitrogens is 3.